The van der Waals surface area contributed by atoms with Crippen molar-refractivity contribution in [3.8, 4) is 0 Å². The summed E-state index contributed by atoms with van der Waals surface area (Å²) in [6.07, 6.45) is 6.17. The summed E-state index contributed by atoms with van der Waals surface area (Å²) >= 11 is 0. The molecular formula is C17H15N3O. The fraction of sp³-hybridized carbons (Fsp3) is 0.0588. The first-order valence-electron chi connectivity index (χ1n) is 6.74. The summed E-state index contributed by atoms with van der Waals surface area (Å²) in [4.78, 5) is 18.8. The van der Waals surface area contributed by atoms with Crippen molar-refractivity contribution in [3.63, 3.8) is 0 Å². The molecule has 0 bridgehead atoms. The summed E-state index contributed by atoms with van der Waals surface area (Å²) in [7, 11) is 0. The first kappa shape index (κ1) is 13.1. The number of carbonyl (C=O) groups is 1. The van der Waals surface area contributed by atoms with E-state index in [2.05, 4.69) is 15.3 Å². The van der Waals surface area contributed by atoms with E-state index in [0.29, 0.717) is 5.69 Å². The van der Waals surface area contributed by atoms with Gasteiger partial charge in [-0.15, -0.1) is 0 Å². The number of nitrogens with one attached hydrogen (secondary N) is 2. The molecule has 0 atom stereocenters. The SMILES string of the molecule is O=C(Nc1ccc(Cc2ccncc2)cc1)c1ccc[nH]1. The Morgan fingerprint density at radius 1 is 1.00 bits per heavy atom. The van der Waals surface area contributed by atoms with Gasteiger partial charge >= 0.3 is 0 Å². The Bertz CT molecular complexity index is 704. The summed E-state index contributed by atoms with van der Waals surface area (Å²) in [6.45, 7) is 0. The fourth-order valence-electron chi connectivity index (χ4n) is 2.11. The molecule has 0 radical (unpaired) electrons. The van der Waals surface area contributed by atoms with E-state index in [-0.39, 0.29) is 5.91 Å². The maximum Gasteiger partial charge on any atom is 0.272 e. The van der Waals surface area contributed by atoms with Crippen LogP contribution in [0.3, 0.4) is 0 Å². The topological polar surface area (TPSA) is 57.8 Å². The van der Waals surface area contributed by atoms with Gasteiger partial charge in [-0.3, -0.25) is 9.78 Å². The van der Waals surface area contributed by atoms with E-state index in [1.54, 1.807) is 30.7 Å². The highest BCUT2D eigenvalue weighted by Gasteiger charge is 2.06. The van der Waals surface area contributed by atoms with Crippen LogP contribution in [0.5, 0.6) is 0 Å². The normalized spacial score (nSPS) is 10.3. The molecule has 0 aliphatic rings. The van der Waals surface area contributed by atoms with Crippen molar-refractivity contribution in [2.75, 3.05) is 5.32 Å². The van der Waals surface area contributed by atoms with Crippen LogP contribution in [0.2, 0.25) is 0 Å². The smallest absolute Gasteiger partial charge is 0.272 e. The van der Waals surface area contributed by atoms with Gasteiger partial charge in [0, 0.05) is 24.3 Å². The highest BCUT2D eigenvalue weighted by molar-refractivity contribution is 6.02. The van der Waals surface area contributed by atoms with Crippen LogP contribution in [0.15, 0.2) is 67.1 Å². The molecule has 0 aliphatic heterocycles. The molecule has 1 aromatic carbocycles. The van der Waals surface area contributed by atoms with Crippen molar-refractivity contribution >= 4 is 11.6 Å². The summed E-state index contributed by atoms with van der Waals surface area (Å²) in [6, 6.07) is 15.4. The molecule has 0 aliphatic carbocycles. The molecule has 3 aromatic rings. The van der Waals surface area contributed by atoms with Gasteiger partial charge in [0.25, 0.3) is 5.91 Å². The number of carbonyl (C=O) groups excluding carboxylic acids is 1. The lowest BCUT2D eigenvalue weighted by Gasteiger charge is -2.06. The molecular weight excluding hydrogens is 262 g/mol. The fourth-order valence-corrected chi connectivity index (χ4v) is 2.11. The van der Waals surface area contributed by atoms with E-state index in [1.807, 2.05) is 36.4 Å². The van der Waals surface area contributed by atoms with Crippen LogP contribution in [-0.2, 0) is 6.42 Å². The molecule has 0 fully saturated rings. The minimum absolute atomic E-state index is 0.137. The lowest BCUT2D eigenvalue weighted by molar-refractivity contribution is 0.102. The number of rotatable bonds is 4. The van der Waals surface area contributed by atoms with Gasteiger partial charge < -0.3 is 10.3 Å². The van der Waals surface area contributed by atoms with Gasteiger partial charge in [-0.25, -0.2) is 0 Å². The number of amides is 1. The molecule has 2 N–H and O–H groups in total. The Hall–Kier alpha value is -2.88. The minimum Gasteiger partial charge on any atom is -0.357 e. The summed E-state index contributed by atoms with van der Waals surface area (Å²) < 4.78 is 0. The lowest BCUT2D eigenvalue weighted by Crippen LogP contribution is -2.12. The minimum atomic E-state index is -0.137. The highest BCUT2D eigenvalue weighted by atomic mass is 16.1. The average molecular weight is 277 g/mol. The molecule has 0 spiro atoms. The Morgan fingerprint density at radius 2 is 1.71 bits per heavy atom. The van der Waals surface area contributed by atoms with E-state index >= 15 is 0 Å². The number of hydrogen-bond donors (Lipinski definition) is 2. The zero-order valence-electron chi connectivity index (χ0n) is 11.4. The second kappa shape index (κ2) is 6.05. The second-order valence-electron chi connectivity index (χ2n) is 4.77. The van der Waals surface area contributed by atoms with Gasteiger partial charge in [0.15, 0.2) is 0 Å². The van der Waals surface area contributed by atoms with Crippen molar-refractivity contribution in [2.45, 2.75) is 6.42 Å². The van der Waals surface area contributed by atoms with E-state index in [1.165, 1.54) is 11.1 Å². The number of hydrogen-bond acceptors (Lipinski definition) is 2. The molecule has 0 saturated carbocycles. The number of nitrogens with zero attached hydrogens (tertiary/aromatic N) is 1. The highest BCUT2D eigenvalue weighted by Crippen LogP contribution is 2.14. The van der Waals surface area contributed by atoms with Gasteiger partial charge in [-0.05, 0) is 53.9 Å². The van der Waals surface area contributed by atoms with Gasteiger partial charge in [-0.1, -0.05) is 12.1 Å². The first-order chi connectivity index (χ1) is 10.3. The van der Waals surface area contributed by atoms with Crippen LogP contribution in [0.25, 0.3) is 0 Å². The van der Waals surface area contributed by atoms with Gasteiger partial charge in [0.1, 0.15) is 5.69 Å². The van der Waals surface area contributed by atoms with Crippen LogP contribution < -0.4 is 5.32 Å². The standard InChI is InChI=1S/C17H15N3O/c21-17(16-2-1-9-19-16)20-15-5-3-13(4-6-15)12-14-7-10-18-11-8-14/h1-11,19H,12H2,(H,20,21). The first-order valence-corrected chi connectivity index (χ1v) is 6.74. The van der Waals surface area contributed by atoms with Gasteiger partial charge in [0.05, 0.1) is 0 Å². The summed E-state index contributed by atoms with van der Waals surface area (Å²) in [5.74, 6) is -0.137. The van der Waals surface area contributed by atoms with E-state index in [0.717, 1.165) is 12.1 Å². The number of benzene rings is 1. The number of pyridine rings is 1. The molecule has 21 heavy (non-hydrogen) atoms. The van der Waals surface area contributed by atoms with E-state index in [9.17, 15) is 4.79 Å². The summed E-state index contributed by atoms with van der Waals surface area (Å²) in [5.41, 5.74) is 3.75. The van der Waals surface area contributed by atoms with E-state index in [4.69, 9.17) is 0 Å². The Balaban J connectivity index is 1.65. The predicted molar refractivity (Wildman–Crippen MR) is 82.2 cm³/mol. The molecule has 4 heteroatoms. The Labute approximate surface area is 122 Å². The molecule has 0 saturated heterocycles. The number of H-pyrrole nitrogens is 1. The maximum absolute atomic E-state index is 11.9. The Morgan fingerprint density at radius 3 is 2.38 bits per heavy atom. The van der Waals surface area contributed by atoms with Crippen molar-refractivity contribution in [3.05, 3.63) is 83.9 Å². The van der Waals surface area contributed by atoms with Crippen LogP contribution >= 0.6 is 0 Å². The molecule has 2 aromatic heterocycles. The third-order valence-corrected chi connectivity index (χ3v) is 3.21. The third kappa shape index (κ3) is 3.36. The van der Waals surface area contributed by atoms with Crippen LogP contribution in [-0.4, -0.2) is 15.9 Å². The number of aromatic nitrogens is 2. The quantitative estimate of drug-likeness (QED) is 0.769. The number of anilines is 1. The maximum atomic E-state index is 11.9. The Kier molecular flexibility index (Phi) is 3.78. The number of aromatic amines is 1. The van der Waals surface area contributed by atoms with Crippen molar-refractivity contribution in [1.82, 2.24) is 9.97 Å². The molecule has 104 valence electrons. The van der Waals surface area contributed by atoms with Gasteiger partial charge in [-0.2, -0.15) is 0 Å². The zero-order valence-corrected chi connectivity index (χ0v) is 11.4. The second-order valence-corrected chi connectivity index (χ2v) is 4.77. The predicted octanol–water partition coefficient (Wildman–Crippen LogP) is 3.25. The summed E-state index contributed by atoms with van der Waals surface area (Å²) in [5, 5.41) is 2.86. The van der Waals surface area contributed by atoms with Crippen LogP contribution in [0.4, 0.5) is 5.69 Å². The van der Waals surface area contributed by atoms with Crippen LogP contribution in [0.1, 0.15) is 21.6 Å². The average Bonchev–Trinajstić information content (AvgIpc) is 3.05. The van der Waals surface area contributed by atoms with E-state index < -0.39 is 0 Å². The molecule has 0 unspecified atom stereocenters. The largest absolute Gasteiger partial charge is 0.357 e. The third-order valence-electron chi connectivity index (χ3n) is 3.21. The zero-order chi connectivity index (χ0) is 14.5. The molecule has 4 nitrogen and oxygen atoms in total. The van der Waals surface area contributed by atoms with Gasteiger partial charge in [0.2, 0.25) is 0 Å². The van der Waals surface area contributed by atoms with Crippen LogP contribution in [0, 0.1) is 0 Å². The van der Waals surface area contributed by atoms with Crippen molar-refractivity contribution in [2.24, 2.45) is 0 Å². The molecule has 1 amide bonds. The lowest BCUT2D eigenvalue weighted by atomic mass is 10.1. The van der Waals surface area contributed by atoms with Crippen molar-refractivity contribution in [1.29, 1.82) is 0 Å². The monoisotopic (exact) mass is 277 g/mol. The molecule has 2 heterocycles. The molecule has 3 rings (SSSR count). The van der Waals surface area contributed by atoms with Crippen molar-refractivity contribution < 1.29 is 4.79 Å².